The Bertz CT molecular complexity index is 1790. The quantitative estimate of drug-likeness (QED) is 0.275. The molecule has 1 aliphatic carbocycles. The number of Topliss-reactive ketones (excluding diaryl/α,β-unsaturated/α-hetero) is 2. The number of furan rings is 1. The fourth-order valence-electron chi connectivity index (χ4n) is 6.25. The molecule has 1 aliphatic heterocycles. The number of fused-ring (bicyclic) bond motifs is 12. The van der Waals surface area contributed by atoms with Gasteiger partial charge < -0.3 is 23.0 Å². The van der Waals surface area contributed by atoms with Gasteiger partial charge in [0.05, 0.1) is 45.7 Å². The molecule has 0 atom stereocenters. The minimum Gasteiger partial charge on any atom is -0.468 e. The Labute approximate surface area is 243 Å². The van der Waals surface area contributed by atoms with E-state index in [0.29, 0.717) is 57.2 Å². The van der Waals surface area contributed by atoms with Crippen molar-refractivity contribution in [1.29, 1.82) is 0 Å². The highest BCUT2D eigenvalue weighted by atomic mass is 16.5. The highest BCUT2D eigenvalue weighted by Crippen LogP contribution is 2.41. The molecule has 42 heavy (non-hydrogen) atoms. The summed E-state index contributed by atoms with van der Waals surface area (Å²) in [6, 6.07) is 20.1. The topological polar surface area (TPSA) is 78.8 Å². The van der Waals surface area contributed by atoms with Crippen molar-refractivity contribution in [2.75, 3.05) is 39.5 Å². The highest BCUT2D eigenvalue weighted by Gasteiger charge is 2.35. The summed E-state index contributed by atoms with van der Waals surface area (Å²) < 4.78 is 21.8. The summed E-state index contributed by atoms with van der Waals surface area (Å²) in [5, 5.41) is 1.93. The number of hydrogen-bond donors (Lipinski definition) is 0. The van der Waals surface area contributed by atoms with Crippen molar-refractivity contribution in [2.45, 2.75) is 26.1 Å². The molecule has 0 radical (unpaired) electrons. The molecule has 4 heterocycles. The Morgan fingerprint density at radius 1 is 0.619 bits per heavy atom. The number of rotatable bonds is 2. The minimum atomic E-state index is -0.126. The van der Waals surface area contributed by atoms with Crippen LogP contribution in [0.15, 0.2) is 83.7 Å². The molecule has 2 aliphatic rings. The third kappa shape index (κ3) is 5.02. The Hall–Kier alpha value is -4.24. The SMILES string of the molecule is O=C1CC(=O)C2=C1c1cn(c3ccccc13)CCOCCOCCN(Cc1ccco1)CCn1cc2c2ccccc21. The van der Waals surface area contributed by atoms with Gasteiger partial charge in [-0.1, -0.05) is 36.4 Å². The summed E-state index contributed by atoms with van der Waals surface area (Å²) in [5.41, 5.74) is 4.71. The Morgan fingerprint density at radius 3 is 1.83 bits per heavy atom. The average molecular weight is 564 g/mol. The fraction of sp³-hybridized carbons (Fsp3) is 0.294. The first-order valence-electron chi connectivity index (χ1n) is 14.5. The second kappa shape index (κ2) is 11.6. The van der Waals surface area contributed by atoms with Crippen molar-refractivity contribution in [3.05, 3.63) is 96.2 Å². The van der Waals surface area contributed by atoms with E-state index in [1.165, 1.54) is 0 Å². The van der Waals surface area contributed by atoms with Crippen LogP contribution in [0.4, 0.5) is 0 Å². The van der Waals surface area contributed by atoms with Crippen molar-refractivity contribution in [2.24, 2.45) is 0 Å². The number of ether oxygens (including phenoxy) is 2. The third-order valence-electron chi connectivity index (χ3n) is 8.26. The standard InChI is InChI=1S/C34H33N3O5/c38-31-20-32(39)34-28-23-37(30-10-4-2-8-26(28)30)14-17-41-19-18-40-16-13-35(21-24-6-5-15-42-24)11-12-36-22-27(33(31)34)25-7-1-3-9-29(25)36/h1-10,15,22-23H,11-14,16-21H2. The van der Waals surface area contributed by atoms with E-state index in [1.54, 1.807) is 6.26 Å². The van der Waals surface area contributed by atoms with E-state index in [1.807, 2.05) is 54.7 Å². The van der Waals surface area contributed by atoms with Gasteiger partial charge in [-0.2, -0.15) is 0 Å². The van der Waals surface area contributed by atoms with Gasteiger partial charge in [0.15, 0.2) is 11.6 Å². The van der Waals surface area contributed by atoms with Gasteiger partial charge in [0.25, 0.3) is 0 Å². The molecule has 0 unspecified atom stereocenters. The number of para-hydroxylation sites is 2. The van der Waals surface area contributed by atoms with Gasteiger partial charge in [0, 0.05) is 82.7 Å². The maximum absolute atomic E-state index is 13.6. The zero-order chi connectivity index (χ0) is 28.5. The zero-order valence-electron chi connectivity index (χ0n) is 23.5. The van der Waals surface area contributed by atoms with Crippen LogP contribution in [0.2, 0.25) is 0 Å². The number of aromatic nitrogens is 2. The second-order valence-corrected chi connectivity index (χ2v) is 10.9. The van der Waals surface area contributed by atoms with Crippen LogP contribution >= 0.6 is 0 Å². The van der Waals surface area contributed by atoms with Crippen LogP contribution in [0, 0.1) is 0 Å². The molecule has 7 rings (SSSR count). The molecule has 8 heteroatoms. The normalized spacial score (nSPS) is 17.9. The van der Waals surface area contributed by atoms with Crippen molar-refractivity contribution < 1.29 is 23.5 Å². The van der Waals surface area contributed by atoms with E-state index < -0.39 is 0 Å². The zero-order valence-corrected chi connectivity index (χ0v) is 23.5. The van der Waals surface area contributed by atoms with Gasteiger partial charge in [0.1, 0.15) is 5.76 Å². The first-order chi connectivity index (χ1) is 20.7. The van der Waals surface area contributed by atoms with Crippen molar-refractivity contribution in [3.63, 3.8) is 0 Å². The molecule has 2 aromatic carbocycles. The molecule has 0 saturated carbocycles. The van der Waals surface area contributed by atoms with E-state index >= 15 is 0 Å². The molecule has 4 bridgehead atoms. The summed E-state index contributed by atoms with van der Waals surface area (Å²) in [6.07, 6.45) is 5.65. The predicted molar refractivity (Wildman–Crippen MR) is 161 cm³/mol. The fourth-order valence-corrected chi connectivity index (χ4v) is 6.25. The molecule has 5 aromatic rings. The Kier molecular flexibility index (Phi) is 7.34. The molecule has 0 saturated heterocycles. The summed E-state index contributed by atoms with van der Waals surface area (Å²) in [6.45, 7) is 5.62. The molecule has 0 fully saturated rings. The molecule has 214 valence electrons. The van der Waals surface area contributed by atoms with E-state index in [4.69, 9.17) is 13.9 Å². The first-order valence-corrected chi connectivity index (χ1v) is 14.5. The average Bonchev–Trinajstić information content (AvgIpc) is 3.78. The van der Waals surface area contributed by atoms with Crippen LogP contribution < -0.4 is 0 Å². The molecule has 0 amide bonds. The number of hydrogen-bond acceptors (Lipinski definition) is 6. The maximum Gasteiger partial charge on any atom is 0.172 e. The van der Waals surface area contributed by atoms with Crippen LogP contribution in [-0.2, 0) is 38.7 Å². The van der Waals surface area contributed by atoms with Crippen LogP contribution in [0.5, 0.6) is 0 Å². The lowest BCUT2D eigenvalue weighted by molar-refractivity contribution is -0.119. The van der Waals surface area contributed by atoms with Crippen molar-refractivity contribution in [1.82, 2.24) is 14.0 Å². The van der Waals surface area contributed by atoms with Gasteiger partial charge in [-0.3, -0.25) is 14.5 Å². The second-order valence-electron chi connectivity index (χ2n) is 10.9. The van der Waals surface area contributed by atoms with Crippen LogP contribution in [0.25, 0.3) is 33.0 Å². The van der Waals surface area contributed by atoms with Gasteiger partial charge in [-0.25, -0.2) is 0 Å². The van der Waals surface area contributed by atoms with E-state index in [0.717, 1.165) is 51.8 Å². The van der Waals surface area contributed by atoms with Crippen molar-refractivity contribution in [3.8, 4) is 0 Å². The summed E-state index contributed by atoms with van der Waals surface area (Å²) in [4.78, 5) is 29.4. The third-order valence-corrected chi connectivity index (χ3v) is 8.26. The number of allylic oxidation sites excluding steroid dienone is 2. The maximum atomic E-state index is 13.6. The van der Waals surface area contributed by atoms with E-state index in [2.05, 4.69) is 32.4 Å². The lowest BCUT2D eigenvalue weighted by Crippen LogP contribution is -2.30. The highest BCUT2D eigenvalue weighted by molar-refractivity contribution is 6.52. The number of ketones is 2. The number of nitrogens with zero attached hydrogens (tertiary/aromatic N) is 3. The minimum absolute atomic E-state index is 0.107. The molecule has 0 spiro atoms. The van der Waals surface area contributed by atoms with Gasteiger partial charge in [0.2, 0.25) is 0 Å². The number of carbonyl (C=O) groups excluding carboxylic acids is 2. The monoisotopic (exact) mass is 563 g/mol. The van der Waals surface area contributed by atoms with Crippen LogP contribution in [0.3, 0.4) is 0 Å². The number of benzene rings is 2. The Morgan fingerprint density at radius 2 is 1.21 bits per heavy atom. The van der Waals surface area contributed by atoms with Gasteiger partial charge >= 0.3 is 0 Å². The van der Waals surface area contributed by atoms with Crippen molar-refractivity contribution >= 4 is 44.5 Å². The van der Waals surface area contributed by atoms with Crippen LogP contribution in [-0.4, -0.2) is 65.1 Å². The Balaban J connectivity index is 1.35. The molecular formula is C34H33N3O5. The summed E-state index contributed by atoms with van der Waals surface area (Å²) in [7, 11) is 0. The smallest absolute Gasteiger partial charge is 0.172 e. The molecule has 0 N–H and O–H groups in total. The van der Waals surface area contributed by atoms with E-state index in [-0.39, 0.29) is 18.0 Å². The molecule has 3 aromatic heterocycles. The largest absolute Gasteiger partial charge is 0.468 e. The predicted octanol–water partition coefficient (Wildman–Crippen LogP) is 5.19. The van der Waals surface area contributed by atoms with Gasteiger partial charge in [-0.05, 0) is 24.3 Å². The lowest BCUT2D eigenvalue weighted by Gasteiger charge is -2.22. The lowest BCUT2D eigenvalue weighted by atomic mass is 9.95. The summed E-state index contributed by atoms with van der Waals surface area (Å²) >= 11 is 0. The van der Waals surface area contributed by atoms with E-state index in [9.17, 15) is 9.59 Å². The van der Waals surface area contributed by atoms with Gasteiger partial charge in [-0.15, -0.1) is 0 Å². The first kappa shape index (κ1) is 26.6. The molecular weight excluding hydrogens is 530 g/mol. The summed E-state index contributed by atoms with van der Waals surface area (Å²) in [5.74, 6) is 0.650. The molecule has 8 nitrogen and oxygen atoms in total. The van der Waals surface area contributed by atoms with Crippen LogP contribution in [0.1, 0.15) is 23.3 Å². The number of carbonyl (C=O) groups is 2.